The third kappa shape index (κ3) is 3.93. The second kappa shape index (κ2) is 7.84. The lowest BCUT2D eigenvalue weighted by Gasteiger charge is -2.35. The number of amides is 1. The molecule has 5 heteroatoms. The molecule has 3 atom stereocenters. The second-order valence-electron chi connectivity index (χ2n) is 5.98. The number of rotatable bonds is 5. The van der Waals surface area contributed by atoms with Crippen LogP contribution in [0.1, 0.15) is 38.3 Å². The van der Waals surface area contributed by atoms with Gasteiger partial charge in [-0.1, -0.05) is 36.7 Å². The number of carbonyl (C=O) groups excluding carboxylic acids is 1. The number of likely N-dealkylation sites (tertiary alicyclic amines) is 1. The summed E-state index contributed by atoms with van der Waals surface area (Å²) in [7, 11) is 1.38. The van der Waals surface area contributed by atoms with E-state index in [1.165, 1.54) is 20.0 Å². The van der Waals surface area contributed by atoms with Gasteiger partial charge in [-0.15, -0.1) is 0 Å². The summed E-state index contributed by atoms with van der Waals surface area (Å²) in [5, 5.41) is 3.63. The molecule has 1 fully saturated rings. The van der Waals surface area contributed by atoms with E-state index >= 15 is 0 Å². The molecule has 0 spiro atoms. The van der Waals surface area contributed by atoms with Crippen LogP contribution in [0.15, 0.2) is 24.3 Å². The molecule has 0 bridgehead atoms. The van der Waals surface area contributed by atoms with Crippen LogP contribution in [0, 0.1) is 5.92 Å². The second-order valence-corrected chi connectivity index (χ2v) is 6.39. The SMILES string of the molecule is COC(=O)NC(c1ccccc1Cl)C(C)C(C)N1CCCC1. The Morgan fingerprint density at radius 2 is 1.91 bits per heavy atom. The number of ether oxygens (including phenoxy) is 1. The molecule has 1 heterocycles. The Labute approximate surface area is 137 Å². The van der Waals surface area contributed by atoms with Crippen LogP contribution in [0.5, 0.6) is 0 Å². The van der Waals surface area contributed by atoms with Crippen molar-refractivity contribution in [1.29, 1.82) is 0 Å². The van der Waals surface area contributed by atoms with Crippen molar-refractivity contribution in [3.8, 4) is 0 Å². The summed E-state index contributed by atoms with van der Waals surface area (Å²) in [6.45, 7) is 6.63. The van der Waals surface area contributed by atoms with Crippen LogP contribution < -0.4 is 5.32 Å². The molecule has 2 rings (SSSR count). The topological polar surface area (TPSA) is 41.6 Å². The van der Waals surface area contributed by atoms with Gasteiger partial charge >= 0.3 is 6.09 Å². The first kappa shape index (κ1) is 17.1. The van der Waals surface area contributed by atoms with Crippen molar-refractivity contribution in [3.05, 3.63) is 34.9 Å². The molecular weight excluding hydrogens is 300 g/mol. The van der Waals surface area contributed by atoms with Crippen LogP contribution in [0.2, 0.25) is 5.02 Å². The molecule has 1 aromatic rings. The number of hydrogen-bond acceptors (Lipinski definition) is 3. The summed E-state index contributed by atoms with van der Waals surface area (Å²) in [6, 6.07) is 7.86. The van der Waals surface area contributed by atoms with Crippen molar-refractivity contribution in [3.63, 3.8) is 0 Å². The first-order valence-electron chi connectivity index (χ1n) is 7.87. The molecule has 3 unspecified atom stereocenters. The molecule has 1 amide bonds. The number of halogens is 1. The highest BCUT2D eigenvalue weighted by Crippen LogP contribution is 2.32. The van der Waals surface area contributed by atoms with E-state index in [1.54, 1.807) is 0 Å². The van der Waals surface area contributed by atoms with Gasteiger partial charge in [-0.3, -0.25) is 0 Å². The van der Waals surface area contributed by atoms with Crippen molar-refractivity contribution < 1.29 is 9.53 Å². The molecule has 4 nitrogen and oxygen atoms in total. The normalized spacial score (nSPS) is 19.5. The summed E-state index contributed by atoms with van der Waals surface area (Å²) in [4.78, 5) is 14.2. The van der Waals surface area contributed by atoms with Crippen molar-refractivity contribution >= 4 is 17.7 Å². The molecular formula is C17H25ClN2O2. The van der Waals surface area contributed by atoms with Gasteiger partial charge in [0.2, 0.25) is 0 Å². The van der Waals surface area contributed by atoms with E-state index in [4.69, 9.17) is 16.3 Å². The standard InChI is InChI=1S/C17H25ClN2O2/c1-12(13(2)20-10-6-7-11-20)16(19-17(21)22-3)14-8-4-5-9-15(14)18/h4-5,8-9,12-13,16H,6-7,10-11H2,1-3H3,(H,19,21). The highest BCUT2D eigenvalue weighted by atomic mass is 35.5. The molecule has 0 saturated carbocycles. The van der Waals surface area contributed by atoms with Crippen molar-refractivity contribution in [1.82, 2.24) is 10.2 Å². The Bertz CT molecular complexity index is 503. The first-order chi connectivity index (χ1) is 10.5. The predicted octanol–water partition coefficient (Wildman–Crippen LogP) is 3.86. The lowest BCUT2D eigenvalue weighted by Crippen LogP contribution is -2.43. The van der Waals surface area contributed by atoms with E-state index in [-0.39, 0.29) is 12.0 Å². The number of benzene rings is 1. The van der Waals surface area contributed by atoms with Crippen LogP contribution >= 0.6 is 11.6 Å². The van der Waals surface area contributed by atoms with Gasteiger partial charge in [0.15, 0.2) is 0 Å². The molecule has 1 aliphatic rings. The predicted molar refractivity (Wildman–Crippen MR) is 89.2 cm³/mol. The number of methoxy groups -OCH3 is 1. The third-order valence-corrected chi connectivity index (χ3v) is 5.05. The minimum absolute atomic E-state index is 0.170. The molecule has 22 heavy (non-hydrogen) atoms. The number of carbonyl (C=O) groups is 1. The van der Waals surface area contributed by atoms with Crippen molar-refractivity contribution in [2.75, 3.05) is 20.2 Å². The maximum Gasteiger partial charge on any atom is 0.407 e. The van der Waals surface area contributed by atoms with Gasteiger partial charge in [-0.05, 0) is 50.4 Å². The maximum absolute atomic E-state index is 11.8. The molecule has 1 saturated heterocycles. The molecule has 1 aromatic carbocycles. The van der Waals surface area contributed by atoms with Gasteiger partial charge in [-0.25, -0.2) is 4.79 Å². The lowest BCUT2D eigenvalue weighted by molar-refractivity contribution is 0.142. The van der Waals surface area contributed by atoms with Gasteiger partial charge in [0, 0.05) is 11.1 Å². The van der Waals surface area contributed by atoms with E-state index in [0.29, 0.717) is 11.1 Å². The average molecular weight is 325 g/mol. The van der Waals surface area contributed by atoms with Gasteiger partial charge < -0.3 is 15.0 Å². The zero-order chi connectivity index (χ0) is 16.1. The summed E-state index contributed by atoms with van der Waals surface area (Å²) in [5.41, 5.74) is 0.938. The van der Waals surface area contributed by atoms with E-state index in [9.17, 15) is 4.79 Å². The third-order valence-electron chi connectivity index (χ3n) is 4.70. The number of nitrogens with zero attached hydrogens (tertiary/aromatic N) is 1. The molecule has 0 aliphatic carbocycles. The Morgan fingerprint density at radius 3 is 2.50 bits per heavy atom. The number of alkyl carbamates (subject to hydrolysis) is 1. The fourth-order valence-electron chi connectivity index (χ4n) is 3.17. The van der Waals surface area contributed by atoms with Crippen LogP contribution in [-0.2, 0) is 4.74 Å². The van der Waals surface area contributed by atoms with Gasteiger partial charge in [-0.2, -0.15) is 0 Å². The minimum atomic E-state index is -0.426. The molecule has 1 N–H and O–H groups in total. The first-order valence-corrected chi connectivity index (χ1v) is 8.25. The van der Waals surface area contributed by atoms with E-state index in [1.807, 2.05) is 24.3 Å². The largest absolute Gasteiger partial charge is 0.453 e. The zero-order valence-corrected chi connectivity index (χ0v) is 14.3. The maximum atomic E-state index is 11.8. The zero-order valence-electron chi connectivity index (χ0n) is 13.5. The number of nitrogens with one attached hydrogen (secondary N) is 1. The molecule has 0 radical (unpaired) electrons. The van der Waals surface area contributed by atoms with Gasteiger partial charge in [0.1, 0.15) is 0 Å². The quantitative estimate of drug-likeness (QED) is 0.894. The smallest absolute Gasteiger partial charge is 0.407 e. The van der Waals surface area contributed by atoms with Crippen LogP contribution in [0.3, 0.4) is 0 Å². The van der Waals surface area contributed by atoms with E-state index in [0.717, 1.165) is 18.7 Å². The molecule has 0 aromatic heterocycles. The summed E-state index contributed by atoms with van der Waals surface area (Å²) in [6.07, 6.45) is 2.07. The Morgan fingerprint density at radius 1 is 1.27 bits per heavy atom. The molecule has 1 aliphatic heterocycles. The summed E-state index contributed by atoms with van der Waals surface area (Å²) >= 11 is 6.35. The van der Waals surface area contributed by atoms with E-state index in [2.05, 4.69) is 24.1 Å². The summed E-state index contributed by atoms with van der Waals surface area (Å²) in [5.74, 6) is 0.220. The Hall–Kier alpha value is -1.26. The van der Waals surface area contributed by atoms with Gasteiger partial charge in [0.05, 0.1) is 13.2 Å². The summed E-state index contributed by atoms with van der Waals surface area (Å²) < 4.78 is 4.79. The monoisotopic (exact) mass is 324 g/mol. The van der Waals surface area contributed by atoms with Crippen LogP contribution in [0.4, 0.5) is 4.79 Å². The van der Waals surface area contributed by atoms with Crippen molar-refractivity contribution in [2.24, 2.45) is 5.92 Å². The fourth-order valence-corrected chi connectivity index (χ4v) is 3.42. The van der Waals surface area contributed by atoms with Crippen LogP contribution in [-0.4, -0.2) is 37.2 Å². The van der Waals surface area contributed by atoms with Gasteiger partial charge in [0.25, 0.3) is 0 Å². The van der Waals surface area contributed by atoms with E-state index < -0.39 is 6.09 Å². The number of hydrogen-bond donors (Lipinski definition) is 1. The minimum Gasteiger partial charge on any atom is -0.453 e. The van der Waals surface area contributed by atoms with Crippen molar-refractivity contribution in [2.45, 2.75) is 38.8 Å². The molecule has 122 valence electrons. The Kier molecular flexibility index (Phi) is 6.09. The Balaban J connectivity index is 2.23. The highest BCUT2D eigenvalue weighted by molar-refractivity contribution is 6.31. The highest BCUT2D eigenvalue weighted by Gasteiger charge is 2.31. The average Bonchev–Trinajstić information content (AvgIpc) is 3.06. The lowest BCUT2D eigenvalue weighted by atomic mass is 9.88. The fraction of sp³-hybridized carbons (Fsp3) is 0.588. The van der Waals surface area contributed by atoms with Crippen LogP contribution in [0.25, 0.3) is 0 Å².